The molecule has 8 heteroatoms. The van der Waals surface area contributed by atoms with Crippen molar-refractivity contribution in [1.29, 1.82) is 0 Å². The summed E-state index contributed by atoms with van der Waals surface area (Å²) >= 11 is 0. The zero-order valence-corrected chi connectivity index (χ0v) is 10.3. The molecule has 2 rings (SSSR count). The summed E-state index contributed by atoms with van der Waals surface area (Å²) in [6, 6.07) is 3.22. The van der Waals surface area contributed by atoms with Gasteiger partial charge in [0.1, 0.15) is 4.90 Å². The topological polar surface area (TPSA) is 103 Å². The van der Waals surface area contributed by atoms with E-state index < -0.39 is 10.0 Å². The molecule has 0 aliphatic carbocycles. The highest BCUT2D eigenvalue weighted by Gasteiger charge is 2.16. The van der Waals surface area contributed by atoms with Gasteiger partial charge in [-0.3, -0.25) is 9.67 Å². The van der Waals surface area contributed by atoms with E-state index in [0.29, 0.717) is 6.54 Å². The van der Waals surface area contributed by atoms with Crippen molar-refractivity contribution in [1.82, 2.24) is 19.5 Å². The first kappa shape index (κ1) is 12.5. The number of nitrogens with zero attached hydrogens (tertiary/aromatic N) is 3. The predicted molar refractivity (Wildman–Crippen MR) is 66.1 cm³/mol. The second-order valence-electron chi connectivity index (χ2n) is 3.58. The van der Waals surface area contributed by atoms with Crippen LogP contribution in [0.25, 0.3) is 0 Å². The van der Waals surface area contributed by atoms with Crippen LogP contribution < -0.4 is 10.5 Å². The van der Waals surface area contributed by atoms with E-state index in [9.17, 15) is 8.42 Å². The molecule has 0 radical (unpaired) electrons. The van der Waals surface area contributed by atoms with Crippen LogP contribution in [0.2, 0.25) is 0 Å². The number of hydrogen-bond donors (Lipinski definition) is 2. The lowest BCUT2D eigenvalue weighted by molar-refractivity contribution is 0.561. The molecule has 2 aromatic heterocycles. The van der Waals surface area contributed by atoms with Crippen LogP contribution in [0.5, 0.6) is 0 Å². The van der Waals surface area contributed by atoms with E-state index in [1.54, 1.807) is 23.1 Å². The molecule has 96 valence electrons. The molecule has 0 aromatic carbocycles. The zero-order chi connectivity index (χ0) is 13.0. The molecule has 0 saturated heterocycles. The largest absolute Gasteiger partial charge is 0.398 e. The lowest BCUT2D eigenvalue weighted by atomic mass is 10.4. The fraction of sp³-hybridized carbons (Fsp3) is 0.200. The molecule has 0 fully saturated rings. The zero-order valence-electron chi connectivity index (χ0n) is 9.52. The molecule has 0 unspecified atom stereocenters. The van der Waals surface area contributed by atoms with Gasteiger partial charge in [0, 0.05) is 31.3 Å². The SMILES string of the molecule is Nc1ccncc1S(=O)(=O)NCCn1cccn1. The number of nitrogens with two attached hydrogens (primary N) is 1. The average Bonchev–Trinajstić information content (AvgIpc) is 2.82. The van der Waals surface area contributed by atoms with Crippen LogP contribution in [-0.2, 0) is 16.6 Å². The van der Waals surface area contributed by atoms with Gasteiger partial charge in [-0.15, -0.1) is 0 Å². The van der Waals surface area contributed by atoms with E-state index in [2.05, 4.69) is 14.8 Å². The van der Waals surface area contributed by atoms with Gasteiger partial charge in [0.25, 0.3) is 0 Å². The normalized spacial score (nSPS) is 11.6. The average molecular weight is 267 g/mol. The minimum absolute atomic E-state index is 0.00883. The van der Waals surface area contributed by atoms with Crippen LogP contribution in [0.1, 0.15) is 0 Å². The Morgan fingerprint density at radius 3 is 2.89 bits per heavy atom. The first-order valence-corrected chi connectivity index (χ1v) is 6.74. The summed E-state index contributed by atoms with van der Waals surface area (Å²) in [5.74, 6) is 0. The summed E-state index contributed by atoms with van der Waals surface area (Å²) in [5.41, 5.74) is 5.77. The van der Waals surface area contributed by atoms with Gasteiger partial charge in [-0.05, 0) is 12.1 Å². The quantitative estimate of drug-likeness (QED) is 0.783. The summed E-state index contributed by atoms with van der Waals surface area (Å²) in [4.78, 5) is 3.74. The number of nitrogen functional groups attached to an aromatic ring is 1. The number of hydrogen-bond acceptors (Lipinski definition) is 5. The molecule has 0 saturated carbocycles. The maximum absolute atomic E-state index is 11.9. The maximum atomic E-state index is 11.9. The second-order valence-corrected chi connectivity index (χ2v) is 5.32. The number of sulfonamides is 1. The van der Waals surface area contributed by atoms with Gasteiger partial charge in [-0.2, -0.15) is 5.10 Å². The molecule has 3 N–H and O–H groups in total. The van der Waals surface area contributed by atoms with Gasteiger partial charge >= 0.3 is 0 Å². The molecule has 0 bridgehead atoms. The van der Waals surface area contributed by atoms with Crippen LogP contribution in [0.4, 0.5) is 5.69 Å². The van der Waals surface area contributed by atoms with E-state index >= 15 is 0 Å². The molecule has 7 nitrogen and oxygen atoms in total. The van der Waals surface area contributed by atoms with E-state index in [4.69, 9.17) is 5.73 Å². The van der Waals surface area contributed by atoms with Crippen molar-refractivity contribution in [3.05, 3.63) is 36.9 Å². The van der Waals surface area contributed by atoms with E-state index in [1.807, 2.05) is 0 Å². The van der Waals surface area contributed by atoms with Gasteiger partial charge in [0.05, 0.1) is 12.2 Å². The summed E-state index contributed by atoms with van der Waals surface area (Å²) in [6.07, 6.45) is 6.06. The Balaban J connectivity index is 2.02. The van der Waals surface area contributed by atoms with Gasteiger partial charge in [-0.25, -0.2) is 13.1 Å². The van der Waals surface area contributed by atoms with Crippen LogP contribution in [-0.4, -0.2) is 29.7 Å². The van der Waals surface area contributed by atoms with Crippen LogP contribution in [0.3, 0.4) is 0 Å². The molecular weight excluding hydrogens is 254 g/mol. The number of rotatable bonds is 5. The smallest absolute Gasteiger partial charge is 0.244 e. The second kappa shape index (κ2) is 5.15. The maximum Gasteiger partial charge on any atom is 0.244 e. The van der Waals surface area contributed by atoms with Crippen molar-refractivity contribution in [2.75, 3.05) is 12.3 Å². The fourth-order valence-electron chi connectivity index (χ4n) is 1.42. The number of anilines is 1. The van der Waals surface area contributed by atoms with Crippen molar-refractivity contribution in [3.63, 3.8) is 0 Å². The Bertz CT molecular complexity index is 609. The minimum atomic E-state index is -3.62. The summed E-state index contributed by atoms with van der Waals surface area (Å²) < 4.78 is 27.9. The lowest BCUT2D eigenvalue weighted by Gasteiger charge is -2.08. The number of nitrogens with one attached hydrogen (secondary N) is 1. The third kappa shape index (κ3) is 2.84. The molecule has 18 heavy (non-hydrogen) atoms. The molecule has 0 aliphatic rings. The van der Waals surface area contributed by atoms with E-state index in [1.165, 1.54) is 18.5 Å². The molecular formula is C10H13N5O2S. The minimum Gasteiger partial charge on any atom is -0.398 e. The Labute approximate surface area is 105 Å². The van der Waals surface area contributed by atoms with Gasteiger partial charge in [-0.1, -0.05) is 0 Å². The van der Waals surface area contributed by atoms with Crippen molar-refractivity contribution < 1.29 is 8.42 Å². The van der Waals surface area contributed by atoms with E-state index in [0.717, 1.165) is 0 Å². The Morgan fingerprint density at radius 2 is 2.22 bits per heavy atom. The van der Waals surface area contributed by atoms with Crippen molar-refractivity contribution in [2.45, 2.75) is 11.4 Å². The van der Waals surface area contributed by atoms with Crippen LogP contribution in [0.15, 0.2) is 41.8 Å². The monoisotopic (exact) mass is 267 g/mol. The highest BCUT2D eigenvalue weighted by atomic mass is 32.2. The van der Waals surface area contributed by atoms with Crippen LogP contribution >= 0.6 is 0 Å². The number of pyridine rings is 1. The standard InChI is InChI=1S/C10H13N5O2S/c11-9-2-4-12-8-10(9)18(16,17)14-5-7-15-6-1-3-13-15/h1-4,6,8,14H,5,7H2,(H2,11,12). The van der Waals surface area contributed by atoms with Crippen molar-refractivity contribution in [3.8, 4) is 0 Å². The van der Waals surface area contributed by atoms with Crippen molar-refractivity contribution >= 4 is 15.7 Å². The molecule has 0 spiro atoms. The van der Waals surface area contributed by atoms with Crippen LogP contribution in [0, 0.1) is 0 Å². The fourth-order valence-corrected chi connectivity index (χ4v) is 2.51. The molecule has 2 heterocycles. The summed E-state index contributed by atoms with van der Waals surface area (Å²) in [6.45, 7) is 0.685. The summed E-state index contributed by atoms with van der Waals surface area (Å²) in [5, 5.41) is 3.97. The van der Waals surface area contributed by atoms with Crippen molar-refractivity contribution in [2.24, 2.45) is 0 Å². The Morgan fingerprint density at radius 1 is 1.39 bits per heavy atom. The third-order valence-electron chi connectivity index (χ3n) is 2.30. The van der Waals surface area contributed by atoms with Gasteiger partial charge in [0.15, 0.2) is 0 Å². The Kier molecular flexibility index (Phi) is 3.58. The van der Waals surface area contributed by atoms with Gasteiger partial charge in [0.2, 0.25) is 10.0 Å². The first-order valence-electron chi connectivity index (χ1n) is 5.26. The third-order valence-corrected chi connectivity index (χ3v) is 3.80. The molecule has 0 atom stereocenters. The summed E-state index contributed by atoms with van der Waals surface area (Å²) in [7, 11) is -3.62. The van der Waals surface area contributed by atoms with E-state index in [-0.39, 0.29) is 17.1 Å². The highest BCUT2D eigenvalue weighted by molar-refractivity contribution is 7.89. The lowest BCUT2D eigenvalue weighted by Crippen LogP contribution is -2.28. The first-order chi connectivity index (χ1) is 8.59. The molecule has 2 aromatic rings. The number of aromatic nitrogens is 3. The highest BCUT2D eigenvalue weighted by Crippen LogP contribution is 2.14. The molecule has 0 amide bonds. The van der Waals surface area contributed by atoms with Gasteiger partial charge < -0.3 is 5.73 Å². The predicted octanol–water partition coefficient (Wildman–Crippen LogP) is -0.161. The Hall–Kier alpha value is -1.93. The molecule has 0 aliphatic heterocycles.